The molecular formula is C46H26S. The molecule has 0 bridgehead atoms. The fourth-order valence-corrected chi connectivity index (χ4v) is 9.46. The van der Waals surface area contributed by atoms with E-state index in [0.717, 1.165) is 0 Å². The summed E-state index contributed by atoms with van der Waals surface area (Å²) in [5.74, 6) is 0. The van der Waals surface area contributed by atoms with E-state index in [4.69, 9.17) is 0 Å². The molecule has 1 heteroatoms. The molecule has 0 N–H and O–H groups in total. The van der Waals surface area contributed by atoms with Gasteiger partial charge in [0.1, 0.15) is 0 Å². The van der Waals surface area contributed by atoms with Crippen molar-refractivity contribution in [3.63, 3.8) is 0 Å². The molecule has 10 aromatic carbocycles. The Morgan fingerprint density at radius 1 is 0.277 bits per heavy atom. The van der Waals surface area contributed by atoms with Crippen molar-refractivity contribution in [1.29, 1.82) is 0 Å². The Balaban J connectivity index is 1.16. The minimum Gasteiger partial charge on any atom is -0.135 e. The van der Waals surface area contributed by atoms with Crippen LogP contribution in [0.4, 0.5) is 0 Å². The zero-order valence-electron chi connectivity index (χ0n) is 25.4. The van der Waals surface area contributed by atoms with Crippen LogP contribution in [-0.2, 0) is 0 Å². The fourth-order valence-electron chi connectivity index (χ4n) is 8.24. The lowest BCUT2D eigenvalue weighted by Gasteiger charge is -2.19. The topological polar surface area (TPSA) is 0 Å². The van der Waals surface area contributed by atoms with Gasteiger partial charge in [-0.2, -0.15) is 0 Å². The van der Waals surface area contributed by atoms with Crippen molar-refractivity contribution in [2.45, 2.75) is 0 Å². The van der Waals surface area contributed by atoms with E-state index in [1.54, 1.807) is 0 Å². The van der Waals surface area contributed by atoms with Crippen LogP contribution >= 0.6 is 11.3 Å². The van der Waals surface area contributed by atoms with Crippen molar-refractivity contribution in [2.24, 2.45) is 0 Å². The molecule has 0 aliphatic rings. The molecule has 0 nitrogen and oxygen atoms in total. The van der Waals surface area contributed by atoms with Crippen molar-refractivity contribution >= 4 is 96.1 Å². The predicted molar refractivity (Wildman–Crippen MR) is 206 cm³/mol. The Morgan fingerprint density at radius 2 is 0.787 bits per heavy atom. The van der Waals surface area contributed by atoms with Crippen molar-refractivity contribution in [3.05, 3.63) is 158 Å². The van der Waals surface area contributed by atoms with Gasteiger partial charge >= 0.3 is 0 Å². The summed E-state index contributed by atoms with van der Waals surface area (Å²) < 4.78 is 2.71. The van der Waals surface area contributed by atoms with E-state index >= 15 is 0 Å². The third-order valence-electron chi connectivity index (χ3n) is 10.4. The molecule has 0 amide bonds. The maximum atomic E-state index is 2.44. The van der Waals surface area contributed by atoms with Crippen molar-refractivity contribution in [1.82, 2.24) is 0 Å². The molecule has 0 aliphatic heterocycles. The first kappa shape index (κ1) is 25.4. The number of fused-ring (bicyclic) bond motifs is 11. The summed E-state index contributed by atoms with van der Waals surface area (Å²) in [6.07, 6.45) is 0. The Bertz CT molecular complexity index is 2960. The van der Waals surface area contributed by atoms with Crippen molar-refractivity contribution in [3.8, 4) is 22.3 Å². The van der Waals surface area contributed by atoms with Crippen LogP contribution in [0.1, 0.15) is 0 Å². The van der Waals surface area contributed by atoms with E-state index in [2.05, 4.69) is 158 Å². The minimum atomic E-state index is 1.24. The summed E-state index contributed by atoms with van der Waals surface area (Å²) in [7, 11) is 0. The van der Waals surface area contributed by atoms with Gasteiger partial charge in [-0.3, -0.25) is 0 Å². The smallest absolute Gasteiger partial charge is 0.0433 e. The zero-order chi connectivity index (χ0) is 30.6. The van der Waals surface area contributed by atoms with Gasteiger partial charge in [-0.25, -0.2) is 0 Å². The number of rotatable bonds is 2. The largest absolute Gasteiger partial charge is 0.135 e. The Morgan fingerprint density at radius 3 is 1.49 bits per heavy atom. The Kier molecular flexibility index (Phi) is 5.08. The summed E-state index contributed by atoms with van der Waals surface area (Å²) in [5, 5.41) is 18.6. The van der Waals surface area contributed by atoms with Crippen LogP contribution in [0.2, 0.25) is 0 Å². The van der Waals surface area contributed by atoms with Crippen LogP contribution < -0.4 is 0 Å². The van der Waals surface area contributed by atoms with Gasteiger partial charge in [-0.1, -0.05) is 127 Å². The van der Waals surface area contributed by atoms with E-state index in [-0.39, 0.29) is 0 Å². The van der Waals surface area contributed by atoms with Crippen LogP contribution in [0, 0.1) is 0 Å². The van der Waals surface area contributed by atoms with Gasteiger partial charge < -0.3 is 0 Å². The SMILES string of the molecule is c1cc(-c2ccc3sc4c5ccccc5ccc4c3c2)cc(-c2cc3c4ccccc4c4cccc5c6ccccc6c(c2)c3c45)c1. The van der Waals surface area contributed by atoms with Crippen LogP contribution in [0.25, 0.3) is 107 Å². The average Bonchev–Trinajstić information content (AvgIpc) is 3.53. The summed E-state index contributed by atoms with van der Waals surface area (Å²) in [6.45, 7) is 0. The number of hydrogen-bond donors (Lipinski definition) is 0. The molecule has 1 heterocycles. The molecule has 0 saturated carbocycles. The summed E-state index contributed by atoms with van der Waals surface area (Å²) in [4.78, 5) is 0. The van der Waals surface area contributed by atoms with Gasteiger partial charge in [0, 0.05) is 20.2 Å². The molecule has 0 fully saturated rings. The third kappa shape index (κ3) is 3.52. The van der Waals surface area contributed by atoms with Crippen LogP contribution in [0.15, 0.2) is 158 Å². The highest BCUT2D eigenvalue weighted by Gasteiger charge is 2.18. The molecule has 0 radical (unpaired) electrons. The summed E-state index contributed by atoms with van der Waals surface area (Å²) in [5.41, 5.74) is 4.98. The molecular weight excluding hydrogens is 585 g/mol. The van der Waals surface area contributed by atoms with E-state index in [9.17, 15) is 0 Å². The van der Waals surface area contributed by atoms with Crippen molar-refractivity contribution < 1.29 is 0 Å². The molecule has 0 saturated heterocycles. The molecule has 0 atom stereocenters. The third-order valence-corrected chi connectivity index (χ3v) is 11.6. The van der Waals surface area contributed by atoms with Crippen LogP contribution in [0.3, 0.4) is 0 Å². The molecule has 0 aliphatic carbocycles. The second-order valence-corrected chi connectivity index (χ2v) is 13.9. The maximum absolute atomic E-state index is 2.44. The highest BCUT2D eigenvalue weighted by Crippen LogP contribution is 2.47. The second-order valence-electron chi connectivity index (χ2n) is 12.8. The minimum absolute atomic E-state index is 1.24. The normalized spacial score (nSPS) is 12.3. The van der Waals surface area contributed by atoms with E-state index in [0.29, 0.717) is 0 Å². The van der Waals surface area contributed by atoms with Gasteiger partial charge in [0.05, 0.1) is 0 Å². The summed E-state index contributed by atoms with van der Waals surface area (Å²) in [6, 6.07) is 58.9. The standard InChI is InChI=1S/C46H26S/c1-2-12-32-27(9-1)19-21-39-40-24-30(20-22-43(40)47-46(32)39)28-10-7-11-29(23-28)31-25-41-35-15-5-3-13-33(35)37-17-8-18-38-34-14-4-6-16-36(34)42(26-31)45(41)44(37)38/h1-26H. The predicted octanol–water partition coefficient (Wildman–Crippen LogP) is 13.7. The Labute approximate surface area is 275 Å². The molecule has 1 aromatic heterocycles. The van der Waals surface area contributed by atoms with Crippen LogP contribution in [-0.4, -0.2) is 0 Å². The molecule has 11 rings (SSSR count). The van der Waals surface area contributed by atoms with E-state index in [1.807, 2.05) is 11.3 Å². The van der Waals surface area contributed by atoms with Gasteiger partial charge in [0.25, 0.3) is 0 Å². The van der Waals surface area contributed by atoms with Crippen molar-refractivity contribution in [2.75, 3.05) is 0 Å². The lowest BCUT2D eigenvalue weighted by atomic mass is 9.84. The molecule has 216 valence electrons. The van der Waals surface area contributed by atoms with Gasteiger partial charge in [0.15, 0.2) is 0 Å². The fraction of sp³-hybridized carbons (Fsp3) is 0. The molecule has 47 heavy (non-hydrogen) atoms. The number of thiophene rings is 1. The van der Waals surface area contributed by atoms with Gasteiger partial charge in [0.2, 0.25) is 0 Å². The number of hydrogen-bond acceptors (Lipinski definition) is 1. The molecule has 11 aromatic rings. The average molecular weight is 611 g/mol. The Hall–Kier alpha value is -5.76. The number of benzene rings is 10. The van der Waals surface area contributed by atoms with Gasteiger partial charge in [-0.05, 0) is 117 Å². The first-order chi connectivity index (χ1) is 23.3. The lowest BCUT2D eigenvalue weighted by molar-refractivity contribution is 1.63. The monoisotopic (exact) mass is 610 g/mol. The highest BCUT2D eigenvalue weighted by molar-refractivity contribution is 7.26. The lowest BCUT2D eigenvalue weighted by Crippen LogP contribution is -1.91. The van der Waals surface area contributed by atoms with E-state index < -0.39 is 0 Å². The first-order valence-electron chi connectivity index (χ1n) is 16.3. The molecule has 0 unspecified atom stereocenters. The van der Waals surface area contributed by atoms with E-state index in [1.165, 1.54) is 107 Å². The second kappa shape index (κ2) is 9.39. The molecule has 0 spiro atoms. The first-order valence-corrected chi connectivity index (χ1v) is 17.1. The summed E-state index contributed by atoms with van der Waals surface area (Å²) >= 11 is 1.90. The quantitative estimate of drug-likeness (QED) is 0.135. The van der Waals surface area contributed by atoms with Crippen LogP contribution in [0.5, 0.6) is 0 Å². The zero-order valence-corrected chi connectivity index (χ0v) is 26.2. The maximum Gasteiger partial charge on any atom is 0.0433 e. The van der Waals surface area contributed by atoms with Gasteiger partial charge in [-0.15, -0.1) is 11.3 Å². The highest BCUT2D eigenvalue weighted by atomic mass is 32.1.